The molecule has 1 heterocycles. The van der Waals surface area contributed by atoms with Gasteiger partial charge in [-0.25, -0.2) is 4.39 Å². The van der Waals surface area contributed by atoms with Crippen LogP contribution in [0.4, 0.5) is 4.39 Å². The van der Waals surface area contributed by atoms with Crippen LogP contribution in [0.25, 0.3) is 10.9 Å². The number of hydrogen-bond acceptors (Lipinski definition) is 2. The van der Waals surface area contributed by atoms with E-state index in [2.05, 4.69) is 4.98 Å². The number of pyridine rings is 1. The van der Waals surface area contributed by atoms with Gasteiger partial charge >= 0.3 is 0 Å². The van der Waals surface area contributed by atoms with Crippen LogP contribution >= 0.6 is 11.6 Å². The summed E-state index contributed by atoms with van der Waals surface area (Å²) < 4.78 is 13.3. The van der Waals surface area contributed by atoms with Gasteiger partial charge in [0.15, 0.2) is 0 Å². The van der Waals surface area contributed by atoms with Gasteiger partial charge in [0.1, 0.15) is 11.9 Å². The first kappa shape index (κ1) is 14.0. The zero-order valence-electron chi connectivity index (χ0n) is 11.1. The van der Waals surface area contributed by atoms with Crippen molar-refractivity contribution in [2.24, 2.45) is 0 Å². The second kappa shape index (κ2) is 5.80. The molecule has 0 saturated carbocycles. The summed E-state index contributed by atoms with van der Waals surface area (Å²) in [5, 5.41) is 11.8. The molecule has 0 aliphatic rings. The lowest BCUT2D eigenvalue weighted by atomic mass is 10.0. The third kappa shape index (κ3) is 3.04. The van der Waals surface area contributed by atoms with Crippen molar-refractivity contribution in [3.05, 3.63) is 76.7 Å². The molecule has 0 saturated heterocycles. The first-order chi connectivity index (χ1) is 10.1. The minimum atomic E-state index is -0.825. The SMILES string of the molecule is OC(Cc1cc(F)ccc1Cl)c1ccc2ccccc2n1. The Morgan fingerprint density at radius 2 is 1.90 bits per heavy atom. The van der Waals surface area contributed by atoms with Gasteiger partial charge in [0.05, 0.1) is 11.2 Å². The topological polar surface area (TPSA) is 33.1 Å². The highest BCUT2D eigenvalue weighted by atomic mass is 35.5. The summed E-state index contributed by atoms with van der Waals surface area (Å²) in [5.41, 5.74) is 1.94. The Morgan fingerprint density at radius 1 is 1.10 bits per heavy atom. The molecule has 4 heteroatoms. The van der Waals surface area contributed by atoms with E-state index in [1.54, 1.807) is 6.07 Å². The van der Waals surface area contributed by atoms with E-state index in [0.29, 0.717) is 16.3 Å². The van der Waals surface area contributed by atoms with E-state index in [1.165, 1.54) is 18.2 Å². The van der Waals surface area contributed by atoms with Gasteiger partial charge in [0.25, 0.3) is 0 Å². The summed E-state index contributed by atoms with van der Waals surface area (Å²) in [6.45, 7) is 0. The Labute approximate surface area is 126 Å². The standard InChI is InChI=1S/C17H13ClFNO/c18-14-7-6-13(19)9-12(14)10-17(21)16-8-5-11-3-1-2-4-15(11)20-16/h1-9,17,21H,10H2. The van der Waals surface area contributed by atoms with E-state index in [0.717, 1.165) is 10.9 Å². The number of hydrogen-bond donors (Lipinski definition) is 1. The lowest BCUT2D eigenvalue weighted by molar-refractivity contribution is 0.174. The summed E-state index contributed by atoms with van der Waals surface area (Å²) >= 11 is 6.02. The maximum absolute atomic E-state index is 13.3. The Hall–Kier alpha value is -1.97. The maximum atomic E-state index is 13.3. The van der Waals surface area contributed by atoms with Crippen molar-refractivity contribution in [2.75, 3.05) is 0 Å². The van der Waals surface area contributed by atoms with E-state index >= 15 is 0 Å². The first-order valence-corrected chi connectivity index (χ1v) is 6.99. The van der Waals surface area contributed by atoms with Gasteiger partial charge in [-0.05, 0) is 35.9 Å². The fraction of sp³-hybridized carbons (Fsp3) is 0.118. The quantitative estimate of drug-likeness (QED) is 0.782. The van der Waals surface area contributed by atoms with Crippen LogP contribution in [0.15, 0.2) is 54.6 Å². The molecule has 2 nitrogen and oxygen atoms in total. The van der Waals surface area contributed by atoms with Crippen LogP contribution in [-0.4, -0.2) is 10.1 Å². The Bertz CT molecular complexity index is 791. The second-order valence-electron chi connectivity index (χ2n) is 4.88. The number of aromatic nitrogens is 1. The summed E-state index contributed by atoms with van der Waals surface area (Å²) in [7, 11) is 0. The van der Waals surface area contributed by atoms with E-state index in [-0.39, 0.29) is 12.2 Å². The molecule has 0 aliphatic carbocycles. The van der Waals surface area contributed by atoms with E-state index in [1.807, 2.05) is 30.3 Å². The van der Waals surface area contributed by atoms with Crippen LogP contribution in [0.3, 0.4) is 0 Å². The highest BCUT2D eigenvalue weighted by molar-refractivity contribution is 6.31. The van der Waals surface area contributed by atoms with Crippen LogP contribution in [0.5, 0.6) is 0 Å². The molecule has 3 aromatic rings. The number of para-hydroxylation sites is 1. The van der Waals surface area contributed by atoms with Crippen molar-refractivity contribution in [1.29, 1.82) is 0 Å². The predicted molar refractivity (Wildman–Crippen MR) is 81.8 cm³/mol. The molecule has 1 aromatic heterocycles. The van der Waals surface area contributed by atoms with Crippen molar-refractivity contribution in [3.8, 4) is 0 Å². The van der Waals surface area contributed by atoms with Gasteiger partial charge in [-0.15, -0.1) is 0 Å². The third-order valence-electron chi connectivity index (χ3n) is 3.38. The summed E-state index contributed by atoms with van der Waals surface area (Å²) in [4.78, 5) is 4.44. The fourth-order valence-corrected chi connectivity index (χ4v) is 2.47. The van der Waals surface area contributed by atoms with Crippen molar-refractivity contribution in [1.82, 2.24) is 4.98 Å². The summed E-state index contributed by atoms with van der Waals surface area (Å²) in [6.07, 6.45) is -0.601. The first-order valence-electron chi connectivity index (χ1n) is 6.61. The number of rotatable bonds is 3. The zero-order chi connectivity index (χ0) is 14.8. The van der Waals surface area contributed by atoms with Crippen LogP contribution < -0.4 is 0 Å². The molecule has 2 aromatic carbocycles. The van der Waals surface area contributed by atoms with Crippen LogP contribution in [0.1, 0.15) is 17.4 Å². The second-order valence-corrected chi connectivity index (χ2v) is 5.29. The molecule has 3 rings (SSSR count). The zero-order valence-corrected chi connectivity index (χ0v) is 11.9. The molecule has 1 unspecified atom stereocenters. The largest absolute Gasteiger partial charge is 0.386 e. The summed E-state index contributed by atoms with van der Waals surface area (Å²) in [5.74, 6) is -0.368. The van der Waals surface area contributed by atoms with Crippen LogP contribution in [0.2, 0.25) is 5.02 Å². The molecule has 21 heavy (non-hydrogen) atoms. The molecule has 0 aliphatic heterocycles. The Balaban J connectivity index is 1.89. The fourth-order valence-electron chi connectivity index (χ4n) is 2.28. The van der Waals surface area contributed by atoms with Gasteiger partial charge in [-0.1, -0.05) is 35.9 Å². The number of aliphatic hydroxyl groups excluding tert-OH is 1. The van der Waals surface area contributed by atoms with Crippen molar-refractivity contribution >= 4 is 22.5 Å². The minimum absolute atomic E-state index is 0.224. The third-order valence-corrected chi connectivity index (χ3v) is 3.75. The number of nitrogens with zero attached hydrogens (tertiary/aromatic N) is 1. The van der Waals surface area contributed by atoms with Gasteiger partial charge < -0.3 is 5.11 Å². The number of benzene rings is 2. The Kier molecular flexibility index (Phi) is 3.86. The monoisotopic (exact) mass is 301 g/mol. The number of aliphatic hydroxyl groups is 1. The molecular weight excluding hydrogens is 289 g/mol. The average Bonchev–Trinajstić information content (AvgIpc) is 2.50. The predicted octanol–water partition coefficient (Wildman–Crippen LogP) is 4.30. The molecule has 0 fully saturated rings. The summed E-state index contributed by atoms with van der Waals surface area (Å²) in [6, 6.07) is 15.5. The van der Waals surface area contributed by atoms with Gasteiger partial charge in [-0.3, -0.25) is 4.98 Å². The van der Waals surface area contributed by atoms with E-state index in [4.69, 9.17) is 11.6 Å². The molecule has 0 radical (unpaired) electrons. The molecule has 0 spiro atoms. The van der Waals surface area contributed by atoms with Gasteiger partial charge in [0, 0.05) is 16.8 Å². The van der Waals surface area contributed by atoms with Gasteiger partial charge in [0.2, 0.25) is 0 Å². The maximum Gasteiger partial charge on any atom is 0.123 e. The molecular formula is C17H13ClFNO. The lowest BCUT2D eigenvalue weighted by Crippen LogP contribution is -2.05. The lowest BCUT2D eigenvalue weighted by Gasteiger charge is -2.12. The van der Waals surface area contributed by atoms with Crippen molar-refractivity contribution in [2.45, 2.75) is 12.5 Å². The molecule has 0 amide bonds. The minimum Gasteiger partial charge on any atom is -0.386 e. The van der Waals surface area contributed by atoms with Gasteiger partial charge in [-0.2, -0.15) is 0 Å². The normalized spacial score (nSPS) is 12.5. The Morgan fingerprint density at radius 3 is 2.76 bits per heavy atom. The van der Waals surface area contributed by atoms with Crippen LogP contribution in [-0.2, 0) is 6.42 Å². The average molecular weight is 302 g/mol. The van der Waals surface area contributed by atoms with E-state index in [9.17, 15) is 9.50 Å². The van der Waals surface area contributed by atoms with E-state index < -0.39 is 6.10 Å². The molecule has 1 atom stereocenters. The van der Waals surface area contributed by atoms with Crippen molar-refractivity contribution < 1.29 is 9.50 Å². The van der Waals surface area contributed by atoms with Crippen LogP contribution in [0, 0.1) is 5.82 Å². The number of halogens is 2. The molecule has 1 N–H and O–H groups in total. The highest BCUT2D eigenvalue weighted by Gasteiger charge is 2.13. The smallest absolute Gasteiger partial charge is 0.123 e. The molecule has 0 bridgehead atoms. The highest BCUT2D eigenvalue weighted by Crippen LogP contribution is 2.24. The van der Waals surface area contributed by atoms with Crippen molar-refractivity contribution in [3.63, 3.8) is 0 Å². The number of fused-ring (bicyclic) bond motifs is 1. The molecule has 106 valence electrons.